The van der Waals surface area contributed by atoms with Crippen LogP contribution in [-0.4, -0.2) is 47.8 Å². The number of likely N-dealkylation sites (tertiary alicyclic amines) is 1. The quantitative estimate of drug-likeness (QED) is 0.853. The molecule has 5 nitrogen and oxygen atoms in total. The van der Waals surface area contributed by atoms with Gasteiger partial charge in [-0.05, 0) is 31.4 Å². The maximum Gasteiger partial charge on any atom is 0.265 e. The molecule has 1 saturated heterocycles. The molecule has 2 atom stereocenters. The SMILES string of the molecule is O=C(C1CNc2ccccc2O1)N1CCCCC1CO. The molecule has 0 aliphatic carbocycles. The molecule has 1 fully saturated rings. The van der Waals surface area contributed by atoms with E-state index >= 15 is 0 Å². The van der Waals surface area contributed by atoms with Crippen molar-refractivity contribution in [2.24, 2.45) is 0 Å². The van der Waals surface area contributed by atoms with Crippen LogP contribution in [0.2, 0.25) is 0 Å². The maximum absolute atomic E-state index is 12.6. The van der Waals surface area contributed by atoms with Crippen molar-refractivity contribution >= 4 is 11.6 Å². The molecule has 0 saturated carbocycles. The van der Waals surface area contributed by atoms with E-state index in [1.165, 1.54) is 0 Å². The van der Waals surface area contributed by atoms with Crippen LogP contribution in [-0.2, 0) is 4.79 Å². The van der Waals surface area contributed by atoms with Gasteiger partial charge in [-0.1, -0.05) is 12.1 Å². The van der Waals surface area contributed by atoms with Gasteiger partial charge in [-0.2, -0.15) is 0 Å². The first kappa shape index (κ1) is 13.2. The number of piperidine rings is 1. The van der Waals surface area contributed by atoms with Crippen LogP contribution in [0.25, 0.3) is 0 Å². The van der Waals surface area contributed by atoms with Crippen molar-refractivity contribution in [3.8, 4) is 5.75 Å². The fourth-order valence-corrected chi connectivity index (χ4v) is 2.92. The first-order chi connectivity index (χ1) is 9.79. The van der Waals surface area contributed by atoms with Crippen molar-refractivity contribution in [3.63, 3.8) is 0 Å². The summed E-state index contributed by atoms with van der Waals surface area (Å²) in [6.45, 7) is 1.22. The summed E-state index contributed by atoms with van der Waals surface area (Å²) in [7, 11) is 0. The molecule has 2 unspecified atom stereocenters. The van der Waals surface area contributed by atoms with Gasteiger partial charge in [0.15, 0.2) is 6.10 Å². The monoisotopic (exact) mass is 276 g/mol. The highest BCUT2D eigenvalue weighted by atomic mass is 16.5. The van der Waals surface area contributed by atoms with Crippen molar-refractivity contribution in [2.45, 2.75) is 31.4 Å². The first-order valence-corrected chi connectivity index (χ1v) is 7.20. The van der Waals surface area contributed by atoms with Crippen LogP contribution in [0.1, 0.15) is 19.3 Å². The minimum Gasteiger partial charge on any atom is -0.477 e. The number of aliphatic hydroxyl groups is 1. The Bertz CT molecular complexity index is 492. The van der Waals surface area contributed by atoms with Gasteiger partial charge in [0.05, 0.1) is 24.9 Å². The molecular formula is C15H20N2O3. The molecule has 1 aromatic rings. The second kappa shape index (κ2) is 5.71. The van der Waals surface area contributed by atoms with Crippen molar-refractivity contribution in [1.29, 1.82) is 0 Å². The van der Waals surface area contributed by atoms with Crippen LogP contribution in [0, 0.1) is 0 Å². The third-order valence-electron chi connectivity index (χ3n) is 4.03. The van der Waals surface area contributed by atoms with Gasteiger partial charge in [-0.25, -0.2) is 0 Å². The van der Waals surface area contributed by atoms with Crippen LogP contribution in [0.15, 0.2) is 24.3 Å². The van der Waals surface area contributed by atoms with Crippen LogP contribution >= 0.6 is 0 Å². The number of carbonyl (C=O) groups is 1. The Morgan fingerprint density at radius 1 is 1.40 bits per heavy atom. The van der Waals surface area contributed by atoms with E-state index in [1.807, 2.05) is 24.3 Å². The number of nitrogens with one attached hydrogen (secondary N) is 1. The summed E-state index contributed by atoms with van der Waals surface area (Å²) in [6, 6.07) is 7.57. The summed E-state index contributed by atoms with van der Waals surface area (Å²) in [5, 5.41) is 12.6. The number of aliphatic hydroxyl groups excluding tert-OH is 1. The van der Waals surface area contributed by atoms with E-state index in [9.17, 15) is 9.90 Å². The average Bonchev–Trinajstić information content (AvgIpc) is 2.53. The summed E-state index contributed by atoms with van der Waals surface area (Å²) < 4.78 is 5.80. The highest BCUT2D eigenvalue weighted by Crippen LogP contribution is 2.29. The predicted octanol–water partition coefficient (Wildman–Crippen LogP) is 1.23. The Morgan fingerprint density at radius 3 is 3.10 bits per heavy atom. The second-order valence-electron chi connectivity index (χ2n) is 5.35. The second-order valence-corrected chi connectivity index (χ2v) is 5.35. The Kier molecular flexibility index (Phi) is 3.78. The first-order valence-electron chi connectivity index (χ1n) is 7.20. The van der Waals surface area contributed by atoms with Gasteiger partial charge in [0, 0.05) is 6.54 Å². The number of anilines is 1. The normalized spacial score (nSPS) is 25.4. The molecule has 2 aliphatic rings. The number of amides is 1. The van der Waals surface area contributed by atoms with E-state index in [0.717, 1.165) is 30.7 Å². The van der Waals surface area contributed by atoms with E-state index in [4.69, 9.17) is 4.74 Å². The Morgan fingerprint density at radius 2 is 2.25 bits per heavy atom. The molecule has 0 aromatic heterocycles. The molecule has 1 amide bonds. The van der Waals surface area contributed by atoms with E-state index < -0.39 is 6.10 Å². The zero-order valence-corrected chi connectivity index (χ0v) is 11.4. The fourth-order valence-electron chi connectivity index (χ4n) is 2.92. The van der Waals surface area contributed by atoms with Gasteiger partial charge in [0.25, 0.3) is 5.91 Å². The summed E-state index contributed by atoms with van der Waals surface area (Å²) in [5.74, 6) is 0.695. The van der Waals surface area contributed by atoms with Crippen molar-refractivity contribution in [2.75, 3.05) is 25.0 Å². The standard InChI is InChI=1S/C15H20N2O3/c18-10-11-5-3-4-8-17(11)15(19)14-9-16-12-6-1-2-7-13(12)20-14/h1-2,6-7,11,14,16,18H,3-5,8-10H2. The van der Waals surface area contributed by atoms with Gasteiger partial charge < -0.3 is 20.1 Å². The molecule has 5 heteroatoms. The van der Waals surface area contributed by atoms with Crippen molar-refractivity contribution in [1.82, 2.24) is 4.90 Å². The minimum absolute atomic E-state index is 0.0225. The van der Waals surface area contributed by atoms with Gasteiger partial charge >= 0.3 is 0 Å². The molecule has 108 valence electrons. The third-order valence-corrected chi connectivity index (χ3v) is 4.03. The number of hydrogen-bond donors (Lipinski definition) is 2. The topological polar surface area (TPSA) is 61.8 Å². The van der Waals surface area contributed by atoms with E-state index in [1.54, 1.807) is 4.90 Å². The van der Waals surface area contributed by atoms with Gasteiger partial charge in [-0.15, -0.1) is 0 Å². The smallest absolute Gasteiger partial charge is 0.265 e. The number of hydrogen-bond acceptors (Lipinski definition) is 4. The van der Waals surface area contributed by atoms with Crippen LogP contribution in [0.4, 0.5) is 5.69 Å². The van der Waals surface area contributed by atoms with Crippen LogP contribution < -0.4 is 10.1 Å². The third kappa shape index (κ3) is 2.45. The van der Waals surface area contributed by atoms with Gasteiger partial charge in [-0.3, -0.25) is 4.79 Å². The van der Waals surface area contributed by atoms with E-state index in [2.05, 4.69) is 5.32 Å². The number of rotatable bonds is 2. The molecule has 2 heterocycles. The molecule has 0 radical (unpaired) electrons. The maximum atomic E-state index is 12.6. The number of nitrogens with zero attached hydrogens (tertiary/aromatic N) is 1. The van der Waals surface area contributed by atoms with E-state index in [0.29, 0.717) is 13.1 Å². The summed E-state index contributed by atoms with van der Waals surface area (Å²) >= 11 is 0. The highest BCUT2D eigenvalue weighted by Gasteiger charge is 2.34. The number of fused-ring (bicyclic) bond motifs is 1. The molecule has 3 rings (SSSR count). The molecule has 1 aromatic carbocycles. The average molecular weight is 276 g/mol. The lowest BCUT2D eigenvalue weighted by atomic mass is 10.0. The molecule has 0 bridgehead atoms. The fraction of sp³-hybridized carbons (Fsp3) is 0.533. The molecule has 2 N–H and O–H groups in total. The lowest BCUT2D eigenvalue weighted by Crippen LogP contribution is -2.53. The zero-order chi connectivity index (χ0) is 13.9. The Balaban J connectivity index is 1.72. The van der Waals surface area contributed by atoms with Crippen LogP contribution in [0.3, 0.4) is 0 Å². The van der Waals surface area contributed by atoms with Gasteiger partial charge in [0.1, 0.15) is 5.75 Å². The lowest BCUT2D eigenvalue weighted by molar-refractivity contribution is -0.143. The van der Waals surface area contributed by atoms with Crippen molar-refractivity contribution < 1.29 is 14.6 Å². The molecule has 2 aliphatic heterocycles. The number of benzene rings is 1. The molecule has 0 spiro atoms. The zero-order valence-electron chi connectivity index (χ0n) is 11.4. The predicted molar refractivity (Wildman–Crippen MR) is 75.8 cm³/mol. The van der Waals surface area contributed by atoms with Crippen LogP contribution in [0.5, 0.6) is 5.75 Å². The number of para-hydroxylation sites is 2. The van der Waals surface area contributed by atoms with Crippen molar-refractivity contribution in [3.05, 3.63) is 24.3 Å². The summed E-state index contributed by atoms with van der Waals surface area (Å²) in [5.41, 5.74) is 0.925. The number of carbonyl (C=O) groups excluding carboxylic acids is 1. The van der Waals surface area contributed by atoms with E-state index in [-0.39, 0.29) is 18.6 Å². The molecule has 20 heavy (non-hydrogen) atoms. The van der Waals surface area contributed by atoms with Gasteiger partial charge in [0.2, 0.25) is 0 Å². The lowest BCUT2D eigenvalue weighted by Gasteiger charge is -2.38. The number of ether oxygens (including phenoxy) is 1. The largest absolute Gasteiger partial charge is 0.477 e. The highest BCUT2D eigenvalue weighted by molar-refractivity contribution is 5.83. The Labute approximate surface area is 118 Å². The Hall–Kier alpha value is -1.75. The molecular weight excluding hydrogens is 256 g/mol. The minimum atomic E-state index is -0.503. The summed E-state index contributed by atoms with van der Waals surface area (Å²) in [4.78, 5) is 14.4. The summed E-state index contributed by atoms with van der Waals surface area (Å²) in [6.07, 6.45) is 2.44.